The van der Waals surface area contributed by atoms with E-state index in [0.29, 0.717) is 0 Å². The Bertz CT molecular complexity index is 414. The first kappa shape index (κ1) is 13.1. The Kier molecular flexibility index (Phi) is 4.01. The molecule has 0 saturated carbocycles. The molecule has 2 heterocycles. The van der Waals surface area contributed by atoms with Crippen molar-refractivity contribution in [3.63, 3.8) is 0 Å². The average molecular weight is 251 g/mol. The van der Waals surface area contributed by atoms with Crippen LogP contribution in [0.4, 0.5) is 0 Å². The third kappa shape index (κ3) is 2.90. The van der Waals surface area contributed by atoms with E-state index in [1.807, 2.05) is 21.0 Å². The number of oxazole rings is 1. The van der Waals surface area contributed by atoms with Gasteiger partial charge in [0.1, 0.15) is 5.76 Å². The normalized spacial score (nSPS) is 20.9. The summed E-state index contributed by atoms with van der Waals surface area (Å²) in [5, 5.41) is 0. The van der Waals surface area contributed by atoms with Crippen molar-refractivity contribution in [2.45, 2.75) is 26.3 Å². The van der Waals surface area contributed by atoms with Gasteiger partial charge < -0.3 is 9.32 Å². The van der Waals surface area contributed by atoms with Crippen molar-refractivity contribution in [3.8, 4) is 0 Å². The van der Waals surface area contributed by atoms with Crippen molar-refractivity contribution in [1.29, 1.82) is 0 Å². The molecule has 1 atom stereocenters. The van der Waals surface area contributed by atoms with E-state index in [1.165, 1.54) is 6.39 Å². The molecule has 1 aromatic rings. The van der Waals surface area contributed by atoms with Crippen LogP contribution >= 0.6 is 0 Å². The van der Waals surface area contributed by atoms with Crippen molar-refractivity contribution in [2.75, 3.05) is 27.2 Å². The summed E-state index contributed by atoms with van der Waals surface area (Å²) >= 11 is 0. The highest BCUT2D eigenvalue weighted by Crippen LogP contribution is 2.20. The Hall–Kier alpha value is -1.36. The lowest BCUT2D eigenvalue weighted by atomic mass is 9.96. The summed E-state index contributed by atoms with van der Waals surface area (Å²) in [5.74, 6) is 1.23. The van der Waals surface area contributed by atoms with Gasteiger partial charge in [-0.15, -0.1) is 0 Å². The standard InChI is InChI=1S/C13H21N3O2/c1-10-12(14-9-18-10)8-16-6-4-5-11(7-16)13(17)15(2)3/h9,11H,4-8H2,1-3H3. The first-order chi connectivity index (χ1) is 8.58. The number of carbonyl (C=O) groups is 1. The number of nitrogens with zero attached hydrogens (tertiary/aromatic N) is 3. The van der Waals surface area contributed by atoms with Crippen molar-refractivity contribution in [3.05, 3.63) is 17.8 Å². The van der Waals surface area contributed by atoms with Gasteiger partial charge in [0.25, 0.3) is 0 Å². The predicted molar refractivity (Wildman–Crippen MR) is 67.9 cm³/mol. The van der Waals surface area contributed by atoms with Crippen molar-refractivity contribution in [2.24, 2.45) is 5.92 Å². The summed E-state index contributed by atoms with van der Waals surface area (Å²) in [5.41, 5.74) is 0.980. The zero-order valence-electron chi connectivity index (χ0n) is 11.3. The van der Waals surface area contributed by atoms with Crippen LogP contribution in [0.5, 0.6) is 0 Å². The summed E-state index contributed by atoms with van der Waals surface area (Å²) in [7, 11) is 3.64. The molecule has 2 rings (SSSR count). The van der Waals surface area contributed by atoms with Gasteiger partial charge in [-0.25, -0.2) is 4.98 Å². The first-order valence-corrected chi connectivity index (χ1v) is 6.40. The molecule has 1 fully saturated rings. The fourth-order valence-corrected chi connectivity index (χ4v) is 2.46. The summed E-state index contributed by atoms with van der Waals surface area (Å²) in [6.07, 6.45) is 3.55. The minimum absolute atomic E-state index is 0.126. The van der Waals surface area contributed by atoms with Crippen LogP contribution in [-0.2, 0) is 11.3 Å². The lowest BCUT2D eigenvalue weighted by molar-refractivity contribution is -0.134. The molecule has 18 heavy (non-hydrogen) atoms. The van der Waals surface area contributed by atoms with Crippen LogP contribution < -0.4 is 0 Å². The maximum absolute atomic E-state index is 12.0. The molecule has 100 valence electrons. The van der Waals surface area contributed by atoms with E-state index in [4.69, 9.17) is 4.42 Å². The summed E-state index contributed by atoms with van der Waals surface area (Å²) < 4.78 is 5.21. The second-order valence-corrected chi connectivity index (χ2v) is 5.16. The van der Waals surface area contributed by atoms with Crippen LogP contribution in [-0.4, -0.2) is 47.9 Å². The molecule has 0 aromatic carbocycles. The van der Waals surface area contributed by atoms with Crippen LogP contribution in [0.2, 0.25) is 0 Å². The van der Waals surface area contributed by atoms with Gasteiger partial charge in [0.15, 0.2) is 6.39 Å². The molecule has 1 aromatic heterocycles. The van der Waals surface area contributed by atoms with E-state index in [1.54, 1.807) is 4.90 Å². The average Bonchev–Trinajstić information content (AvgIpc) is 2.74. The maximum Gasteiger partial charge on any atom is 0.226 e. The molecular formula is C13H21N3O2. The molecule has 0 aliphatic carbocycles. The number of hydrogen-bond acceptors (Lipinski definition) is 4. The summed E-state index contributed by atoms with van der Waals surface area (Å²) in [4.78, 5) is 20.2. The number of aryl methyl sites for hydroxylation is 1. The molecule has 1 saturated heterocycles. The highest BCUT2D eigenvalue weighted by molar-refractivity contribution is 5.78. The van der Waals surface area contributed by atoms with Gasteiger partial charge in [-0.3, -0.25) is 9.69 Å². The summed E-state index contributed by atoms with van der Waals surface area (Å²) in [6, 6.07) is 0. The van der Waals surface area contributed by atoms with E-state index >= 15 is 0 Å². The van der Waals surface area contributed by atoms with Crippen molar-refractivity contribution < 1.29 is 9.21 Å². The third-order valence-corrected chi connectivity index (χ3v) is 3.51. The van der Waals surface area contributed by atoms with Crippen LogP contribution in [0.15, 0.2) is 10.8 Å². The molecule has 5 nitrogen and oxygen atoms in total. The Labute approximate surface area is 108 Å². The van der Waals surface area contributed by atoms with Gasteiger partial charge in [0.05, 0.1) is 11.6 Å². The van der Waals surface area contributed by atoms with E-state index in [0.717, 1.165) is 43.9 Å². The molecule has 0 spiro atoms. The van der Waals surface area contributed by atoms with Crippen LogP contribution in [0.25, 0.3) is 0 Å². The van der Waals surface area contributed by atoms with Crippen LogP contribution in [0, 0.1) is 12.8 Å². The third-order valence-electron chi connectivity index (χ3n) is 3.51. The van der Waals surface area contributed by atoms with E-state index in [9.17, 15) is 4.79 Å². The minimum Gasteiger partial charge on any atom is -0.448 e. The predicted octanol–water partition coefficient (Wildman–Crippen LogP) is 1.28. The Morgan fingerprint density at radius 1 is 1.61 bits per heavy atom. The lowest BCUT2D eigenvalue weighted by Crippen LogP contribution is -2.42. The fraction of sp³-hybridized carbons (Fsp3) is 0.692. The Balaban J connectivity index is 1.95. The van der Waals surface area contributed by atoms with E-state index in [2.05, 4.69) is 9.88 Å². The number of piperidine rings is 1. The molecule has 1 aliphatic heterocycles. The number of likely N-dealkylation sites (tertiary alicyclic amines) is 1. The Morgan fingerprint density at radius 3 is 3.00 bits per heavy atom. The highest BCUT2D eigenvalue weighted by Gasteiger charge is 2.27. The number of rotatable bonds is 3. The number of amides is 1. The SMILES string of the molecule is Cc1ocnc1CN1CCCC(C(=O)N(C)C)C1. The topological polar surface area (TPSA) is 49.6 Å². The van der Waals surface area contributed by atoms with Gasteiger partial charge in [-0.1, -0.05) is 0 Å². The largest absolute Gasteiger partial charge is 0.448 e. The quantitative estimate of drug-likeness (QED) is 0.812. The number of carbonyl (C=O) groups excluding carboxylic acids is 1. The molecular weight excluding hydrogens is 230 g/mol. The molecule has 0 radical (unpaired) electrons. The molecule has 1 aliphatic rings. The minimum atomic E-state index is 0.126. The second kappa shape index (κ2) is 5.52. The fourth-order valence-electron chi connectivity index (χ4n) is 2.46. The van der Waals surface area contributed by atoms with Gasteiger partial charge in [-0.2, -0.15) is 0 Å². The van der Waals surface area contributed by atoms with E-state index < -0.39 is 0 Å². The lowest BCUT2D eigenvalue weighted by Gasteiger charge is -2.32. The van der Waals surface area contributed by atoms with Crippen molar-refractivity contribution in [1.82, 2.24) is 14.8 Å². The Morgan fingerprint density at radius 2 is 2.39 bits per heavy atom. The van der Waals surface area contributed by atoms with Gasteiger partial charge >= 0.3 is 0 Å². The molecule has 1 unspecified atom stereocenters. The second-order valence-electron chi connectivity index (χ2n) is 5.16. The molecule has 1 amide bonds. The van der Waals surface area contributed by atoms with Gasteiger partial charge in [-0.05, 0) is 26.3 Å². The van der Waals surface area contributed by atoms with Crippen molar-refractivity contribution >= 4 is 5.91 Å². The summed E-state index contributed by atoms with van der Waals surface area (Å²) in [6.45, 7) is 4.56. The number of aromatic nitrogens is 1. The van der Waals surface area contributed by atoms with Crippen LogP contribution in [0.1, 0.15) is 24.3 Å². The first-order valence-electron chi connectivity index (χ1n) is 6.40. The van der Waals surface area contributed by atoms with Crippen LogP contribution in [0.3, 0.4) is 0 Å². The monoisotopic (exact) mass is 251 g/mol. The zero-order valence-corrected chi connectivity index (χ0v) is 11.3. The molecule has 5 heteroatoms. The number of hydrogen-bond donors (Lipinski definition) is 0. The van der Waals surface area contributed by atoms with Gasteiger partial charge in [0.2, 0.25) is 5.91 Å². The molecule has 0 bridgehead atoms. The van der Waals surface area contributed by atoms with Gasteiger partial charge in [0, 0.05) is 27.2 Å². The zero-order chi connectivity index (χ0) is 13.1. The highest BCUT2D eigenvalue weighted by atomic mass is 16.3. The smallest absolute Gasteiger partial charge is 0.226 e. The van der Waals surface area contributed by atoms with E-state index in [-0.39, 0.29) is 11.8 Å². The maximum atomic E-state index is 12.0. The molecule has 0 N–H and O–H groups in total.